The van der Waals surface area contributed by atoms with Crippen LogP contribution in [0, 0.1) is 0 Å². The summed E-state index contributed by atoms with van der Waals surface area (Å²) in [6.07, 6.45) is 24.6. The van der Waals surface area contributed by atoms with Crippen LogP contribution in [0.15, 0.2) is 12.2 Å². The summed E-state index contributed by atoms with van der Waals surface area (Å²) in [6.45, 7) is 3.14. The lowest BCUT2D eigenvalue weighted by Crippen LogP contribution is -2.18. The third-order valence-corrected chi connectivity index (χ3v) is 4.57. The zero-order valence-electron chi connectivity index (χ0n) is 17.1. The molecule has 0 aromatic rings. The normalized spacial score (nSPS) is 13.8. The molecule has 0 aromatic heterocycles. The third kappa shape index (κ3) is 19.2. The van der Waals surface area contributed by atoms with Crippen molar-refractivity contribution in [2.45, 2.75) is 110 Å². The van der Waals surface area contributed by atoms with Crippen LogP contribution in [-0.4, -0.2) is 18.4 Å². The molecular weight excluding hydrogens is 324 g/mol. The Morgan fingerprint density at radius 2 is 1.15 bits per heavy atom. The molecule has 3 N–H and O–H groups in total. The molecule has 152 valence electrons. The van der Waals surface area contributed by atoms with E-state index in [0.29, 0.717) is 12.8 Å². The van der Waals surface area contributed by atoms with Gasteiger partial charge in [0.1, 0.15) is 0 Å². The number of rotatable bonds is 15. The standard InChI is InChI=1S/C18H37N.C4H5NO2/c1-2-3-4-5-6-7-8-9-10-11-12-13-14-15-16-17-18-19;6-3-1-2-4(7)5-3/h9-10H,2-8,11-19H2,1H3;1-2H2,(H,5,6,7)/b10-9-;. The van der Waals surface area contributed by atoms with Crippen molar-refractivity contribution in [3.63, 3.8) is 0 Å². The summed E-state index contributed by atoms with van der Waals surface area (Å²) in [5, 5.41) is 2.14. The zero-order chi connectivity index (χ0) is 19.3. The van der Waals surface area contributed by atoms with Gasteiger partial charge in [-0.25, -0.2) is 0 Å². The summed E-state index contributed by atoms with van der Waals surface area (Å²) in [5.74, 6) is -0.296. The molecule has 0 aliphatic carbocycles. The Balaban J connectivity index is 0.000000735. The SMILES string of the molecule is CCCCCCCC/C=C\CCCCCCCCN.O=C1CCC(=O)N1. The highest BCUT2D eigenvalue weighted by atomic mass is 16.2. The van der Waals surface area contributed by atoms with E-state index >= 15 is 0 Å². The Hall–Kier alpha value is -1.16. The van der Waals surface area contributed by atoms with Gasteiger partial charge in [0.05, 0.1) is 0 Å². The summed E-state index contributed by atoms with van der Waals surface area (Å²) < 4.78 is 0. The van der Waals surface area contributed by atoms with E-state index in [1.807, 2.05) is 0 Å². The molecule has 1 rings (SSSR count). The highest BCUT2D eigenvalue weighted by molar-refractivity contribution is 6.01. The Labute approximate surface area is 161 Å². The molecule has 0 atom stereocenters. The van der Waals surface area contributed by atoms with Crippen LogP contribution in [-0.2, 0) is 9.59 Å². The number of carbonyl (C=O) groups is 2. The Morgan fingerprint density at radius 1 is 0.731 bits per heavy atom. The third-order valence-electron chi connectivity index (χ3n) is 4.57. The summed E-state index contributed by atoms with van der Waals surface area (Å²) in [4.78, 5) is 20.2. The zero-order valence-corrected chi connectivity index (χ0v) is 17.1. The number of imide groups is 1. The smallest absolute Gasteiger partial charge is 0.227 e. The first-order chi connectivity index (χ1) is 12.7. The van der Waals surface area contributed by atoms with Crippen LogP contribution in [0.5, 0.6) is 0 Å². The molecule has 0 saturated carbocycles. The van der Waals surface area contributed by atoms with E-state index in [1.54, 1.807) is 0 Å². The molecule has 2 amide bonds. The predicted octanol–water partition coefficient (Wildman–Crippen LogP) is 5.41. The molecule has 1 saturated heterocycles. The largest absolute Gasteiger partial charge is 0.330 e. The van der Waals surface area contributed by atoms with Gasteiger partial charge in [-0.3, -0.25) is 14.9 Å². The van der Waals surface area contributed by atoms with Gasteiger partial charge in [0, 0.05) is 12.8 Å². The van der Waals surface area contributed by atoms with Gasteiger partial charge >= 0.3 is 0 Å². The number of allylic oxidation sites excluding steroid dienone is 2. The first-order valence-corrected chi connectivity index (χ1v) is 10.9. The first-order valence-electron chi connectivity index (χ1n) is 10.9. The van der Waals surface area contributed by atoms with Gasteiger partial charge in [-0.15, -0.1) is 0 Å². The molecular formula is C22H42N2O2. The van der Waals surface area contributed by atoms with Gasteiger partial charge in [-0.2, -0.15) is 0 Å². The second-order valence-electron chi connectivity index (χ2n) is 7.20. The van der Waals surface area contributed by atoms with Gasteiger partial charge in [0.25, 0.3) is 0 Å². The van der Waals surface area contributed by atoms with E-state index in [0.717, 1.165) is 6.54 Å². The first kappa shape index (κ1) is 24.8. The van der Waals surface area contributed by atoms with Crippen LogP contribution >= 0.6 is 0 Å². The fourth-order valence-electron chi connectivity index (χ4n) is 2.90. The van der Waals surface area contributed by atoms with Crippen molar-refractivity contribution in [1.29, 1.82) is 0 Å². The maximum absolute atomic E-state index is 10.1. The topological polar surface area (TPSA) is 72.2 Å². The van der Waals surface area contributed by atoms with Crippen LogP contribution in [0.2, 0.25) is 0 Å². The lowest BCUT2D eigenvalue weighted by molar-refractivity contribution is -0.124. The summed E-state index contributed by atoms with van der Waals surface area (Å²) >= 11 is 0. The minimum Gasteiger partial charge on any atom is -0.330 e. The van der Waals surface area contributed by atoms with Gasteiger partial charge in [-0.05, 0) is 38.6 Å². The Bertz CT molecular complexity index is 353. The molecule has 26 heavy (non-hydrogen) atoms. The second kappa shape index (κ2) is 20.2. The minimum atomic E-state index is -0.148. The van der Waals surface area contributed by atoms with E-state index in [2.05, 4.69) is 24.4 Å². The molecule has 0 aromatic carbocycles. The average Bonchev–Trinajstić information content (AvgIpc) is 3.02. The fraction of sp³-hybridized carbons (Fsp3) is 0.818. The number of unbranched alkanes of at least 4 members (excludes halogenated alkanes) is 12. The fourth-order valence-corrected chi connectivity index (χ4v) is 2.90. The maximum atomic E-state index is 10.1. The molecule has 4 heteroatoms. The van der Waals surface area contributed by atoms with Crippen LogP contribution in [0.3, 0.4) is 0 Å². The van der Waals surface area contributed by atoms with Crippen molar-refractivity contribution in [2.24, 2.45) is 5.73 Å². The summed E-state index contributed by atoms with van der Waals surface area (Å²) in [5.41, 5.74) is 5.47. The average molecular weight is 367 g/mol. The van der Waals surface area contributed by atoms with Crippen molar-refractivity contribution < 1.29 is 9.59 Å². The number of hydrogen-bond acceptors (Lipinski definition) is 3. The van der Waals surface area contributed by atoms with Crippen LogP contribution in [0.25, 0.3) is 0 Å². The van der Waals surface area contributed by atoms with Crippen molar-refractivity contribution in [3.05, 3.63) is 12.2 Å². The van der Waals surface area contributed by atoms with E-state index in [9.17, 15) is 9.59 Å². The molecule has 0 bridgehead atoms. The molecule has 1 fully saturated rings. The molecule has 1 aliphatic rings. The molecule has 0 spiro atoms. The van der Waals surface area contributed by atoms with E-state index < -0.39 is 0 Å². The number of hydrogen-bond donors (Lipinski definition) is 2. The predicted molar refractivity (Wildman–Crippen MR) is 111 cm³/mol. The molecule has 1 aliphatic heterocycles. The van der Waals surface area contributed by atoms with Crippen molar-refractivity contribution >= 4 is 11.8 Å². The number of amides is 2. The van der Waals surface area contributed by atoms with E-state index in [4.69, 9.17) is 5.73 Å². The van der Waals surface area contributed by atoms with E-state index in [1.165, 1.54) is 89.9 Å². The summed E-state index contributed by atoms with van der Waals surface area (Å²) in [7, 11) is 0. The quantitative estimate of drug-likeness (QED) is 0.231. The van der Waals surface area contributed by atoms with Gasteiger partial charge in [-0.1, -0.05) is 76.9 Å². The van der Waals surface area contributed by atoms with Gasteiger partial charge in [0.15, 0.2) is 0 Å². The van der Waals surface area contributed by atoms with Crippen molar-refractivity contribution in [3.8, 4) is 0 Å². The molecule has 0 unspecified atom stereocenters. The number of carbonyl (C=O) groups excluding carboxylic acids is 2. The Kier molecular flexibility index (Phi) is 19.3. The van der Waals surface area contributed by atoms with E-state index in [-0.39, 0.29) is 11.8 Å². The molecule has 0 radical (unpaired) electrons. The highest BCUT2D eigenvalue weighted by Crippen LogP contribution is 2.09. The molecule has 4 nitrogen and oxygen atoms in total. The summed E-state index contributed by atoms with van der Waals surface area (Å²) in [6, 6.07) is 0. The number of nitrogens with two attached hydrogens (primary N) is 1. The van der Waals surface area contributed by atoms with Crippen LogP contribution in [0.1, 0.15) is 110 Å². The lowest BCUT2D eigenvalue weighted by atomic mass is 10.1. The van der Waals surface area contributed by atoms with Crippen molar-refractivity contribution in [2.75, 3.05) is 6.54 Å². The monoisotopic (exact) mass is 366 g/mol. The van der Waals surface area contributed by atoms with Gasteiger partial charge in [0.2, 0.25) is 11.8 Å². The number of nitrogens with one attached hydrogen (secondary N) is 1. The van der Waals surface area contributed by atoms with Crippen molar-refractivity contribution in [1.82, 2.24) is 5.32 Å². The van der Waals surface area contributed by atoms with Crippen LogP contribution in [0.4, 0.5) is 0 Å². The minimum absolute atomic E-state index is 0.148. The highest BCUT2D eigenvalue weighted by Gasteiger charge is 2.15. The molecule has 1 heterocycles. The Morgan fingerprint density at radius 3 is 1.54 bits per heavy atom. The maximum Gasteiger partial charge on any atom is 0.227 e. The van der Waals surface area contributed by atoms with Gasteiger partial charge < -0.3 is 5.73 Å². The second-order valence-corrected chi connectivity index (χ2v) is 7.20. The lowest BCUT2D eigenvalue weighted by Gasteiger charge is -1.99. The van der Waals surface area contributed by atoms with Crippen LogP contribution < -0.4 is 11.1 Å².